The van der Waals surface area contributed by atoms with Crippen LogP contribution in [0.1, 0.15) is 43.2 Å². The number of hydrogen-bond donors (Lipinski definition) is 1. The minimum absolute atomic E-state index is 0.0414. The van der Waals surface area contributed by atoms with Crippen LogP contribution in [0.3, 0.4) is 0 Å². The van der Waals surface area contributed by atoms with E-state index in [1.165, 1.54) is 12.1 Å². The average Bonchev–Trinajstić information content (AvgIpc) is 3.09. The lowest BCUT2D eigenvalue weighted by molar-refractivity contribution is 0.0729. The fourth-order valence-corrected chi connectivity index (χ4v) is 3.80. The number of nitrogens with zero attached hydrogens (tertiary/aromatic N) is 3. The lowest BCUT2D eigenvalue weighted by atomic mass is 10.0. The van der Waals surface area contributed by atoms with Gasteiger partial charge in [-0.25, -0.2) is 4.39 Å². The van der Waals surface area contributed by atoms with Crippen molar-refractivity contribution in [2.75, 3.05) is 6.54 Å². The molecule has 0 saturated carbocycles. The molecule has 154 valence electrons. The van der Waals surface area contributed by atoms with Crippen molar-refractivity contribution in [3.8, 4) is 0 Å². The summed E-state index contributed by atoms with van der Waals surface area (Å²) in [4.78, 5) is 27.6. The smallest absolute Gasteiger partial charge is 0.272 e. The molecule has 2 heterocycles. The minimum Gasteiger partial charge on any atom is -0.347 e. The first-order valence-electron chi connectivity index (χ1n) is 9.86. The highest BCUT2D eigenvalue weighted by Gasteiger charge is 2.30. The molecule has 1 aliphatic heterocycles. The zero-order valence-corrected chi connectivity index (χ0v) is 17.0. The van der Waals surface area contributed by atoms with Crippen LogP contribution in [-0.2, 0) is 26.6 Å². The lowest BCUT2D eigenvalue weighted by Gasteiger charge is -2.28. The van der Waals surface area contributed by atoms with E-state index in [4.69, 9.17) is 0 Å². The van der Waals surface area contributed by atoms with Crippen molar-refractivity contribution < 1.29 is 14.0 Å². The number of rotatable bonds is 4. The van der Waals surface area contributed by atoms with E-state index in [-0.39, 0.29) is 24.2 Å². The van der Waals surface area contributed by atoms with Gasteiger partial charge in [0.25, 0.3) is 11.8 Å². The van der Waals surface area contributed by atoms with E-state index in [9.17, 15) is 14.0 Å². The predicted molar refractivity (Wildman–Crippen MR) is 110 cm³/mol. The van der Waals surface area contributed by atoms with Crippen LogP contribution in [0.4, 0.5) is 4.39 Å². The molecule has 1 aliphatic rings. The van der Waals surface area contributed by atoms with Gasteiger partial charge in [-0.2, -0.15) is 5.10 Å². The molecule has 0 unspecified atom stereocenters. The average molecular weight is 406 g/mol. The molecule has 30 heavy (non-hydrogen) atoms. The number of nitrogens with one attached hydrogen (secondary N) is 1. The molecule has 4 rings (SSSR count). The summed E-state index contributed by atoms with van der Waals surface area (Å²) in [5.74, 6) is -0.663. The van der Waals surface area contributed by atoms with Crippen molar-refractivity contribution in [2.45, 2.75) is 26.4 Å². The van der Waals surface area contributed by atoms with Gasteiger partial charge in [-0.3, -0.25) is 14.3 Å². The molecule has 0 bridgehead atoms. The van der Waals surface area contributed by atoms with Gasteiger partial charge in [-0.05, 0) is 36.2 Å². The highest BCUT2D eigenvalue weighted by molar-refractivity contribution is 5.97. The van der Waals surface area contributed by atoms with Crippen molar-refractivity contribution in [1.82, 2.24) is 20.0 Å². The van der Waals surface area contributed by atoms with E-state index < -0.39 is 0 Å². The zero-order valence-electron chi connectivity index (χ0n) is 17.0. The third kappa shape index (κ3) is 3.83. The van der Waals surface area contributed by atoms with Crippen molar-refractivity contribution >= 4 is 11.8 Å². The van der Waals surface area contributed by atoms with Crippen molar-refractivity contribution in [1.29, 1.82) is 0 Å². The second-order valence-corrected chi connectivity index (χ2v) is 7.50. The number of hydrogen-bond acceptors (Lipinski definition) is 3. The Morgan fingerprint density at radius 2 is 1.87 bits per heavy atom. The number of halogens is 1. The number of aromatic nitrogens is 2. The molecule has 0 radical (unpaired) electrons. The standard InChI is InChI=1S/C23H23FN4O2/c1-15-5-3-4-6-18(15)23(30)28-12-11-20-19(14-28)21(26-27(20)2)22(29)25-13-16-7-9-17(24)10-8-16/h3-10H,11-14H2,1-2H3,(H,25,29). The molecule has 0 spiro atoms. The van der Waals surface area contributed by atoms with Gasteiger partial charge in [0.1, 0.15) is 5.82 Å². The van der Waals surface area contributed by atoms with E-state index in [2.05, 4.69) is 10.4 Å². The molecule has 3 aromatic rings. The number of benzene rings is 2. The van der Waals surface area contributed by atoms with Crippen molar-refractivity contribution in [3.63, 3.8) is 0 Å². The summed E-state index contributed by atoms with van der Waals surface area (Å²) in [5.41, 5.74) is 4.48. The number of aryl methyl sites for hydroxylation is 2. The third-order valence-corrected chi connectivity index (χ3v) is 5.49. The predicted octanol–water partition coefficient (Wildman–Crippen LogP) is 3.00. The summed E-state index contributed by atoms with van der Waals surface area (Å²) in [6.07, 6.45) is 0.641. The van der Waals surface area contributed by atoms with Gasteiger partial charge in [0, 0.05) is 43.4 Å². The summed E-state index contributed by atoms with van der Waals surface area (Å²) in [6.45, 7) is 3.11. The summed E-state index contributed by atoms with van der Waals surface area (Å²) in [6, 6.07) is 13.5. The molecule has 6 nitrogen and oxygen atoms in total. The van der Waals surface area contributed by atoms with Gasteiger partial charge in [0.15, 0.2) is 5.69 Å². The zero-order chi connectivity index (χ0) is 21.3. The molecule has 7 heteroatoms. The van der Waals surface area contributed by atoms with E-state index >= 15 is 0 Å². The molecule has 0 atom stereocenters. The monoisotopic (exact) mass is 406 g/mol. The Bertz CT molecular complexity index is 1100. The van der Waals surface area contributed by atoms with Gasteiger partial charge in [0.05, 0.1) is 6.54 Å². The SMILES string of the molecule is Cc1ccccc1C(=O)N1CCc2c(c(C(=O)NCc3ccc(F)cc3)nn2C)C1. The molecule has 0 saturated heterocycles. The largest absolute Gasteiger partial charge is 0.347 e. The summed E-state index contributed by atoms with van der Waals surface area (Å²) >= 11 is 0. The van der Waals surface area contributed by atoms with Crippen LogP contribution in [0.5, 0.6) is 0 Å². The van der Waals surface area contributed by atoms with E-state index in [0.29, 0.717) is 30.8 Å². The Balaban J connectivity index is 1.52. The molecule has 2 aromatic carbocycles. The van der Waals surface area contributed by atoms with Crippen molar-refractivity contribution in [3.05, 3.63) is 88.0 Å². The van der Waals surface area contributed by atoms with Crippen LogP contribution in [0.2, 0.25) is 0 Å². The first-order chi connectivity index (χ1) is 14.4. The first-order valence-corrected chi connectivity index (χ1v) is 9.86. The highest BCUT2D eigenvalue weighted by Crippen LogP contribution is 2.24. The van der Waals surface area contributed by atoms with Gasteiger partial charge in [-0.1, -0.05) is 30.3 Å². The van der Waals surface area contributed by atoms with Crippen LogP contribution >= 0.6 is 0 Å². The van der Waals surface area contributed by atoms with Crippen LogP contribution in [0, 0.1) is 12.7 Å². The number of amides is 2. The second kappa shape index (κ2) is 8.10. The Kier molecular flexibility index (Phi) is 5.35. The van der Waals surface area contributed by atoms with Crippen molar-refractivity contribution in [2.24, 2.45) is 7.05 Å². The van der Waals surface area contributed by atoms with E-state index in [1.54, 1.807) is 21.7 Å². The Morgan fingerprint density at radius 3 is 2.60 bits per heavy atom. The highest BCUT2D eigenvalue weighted by atomic mass is 19.1. The molecule has 0 fully saturated rings. The van der Waals surface area contributed by atoms with Gasteiger partial charge >= 0.3 is 0 Å². The Hall–Kier alpha value is -3.48. The van der Waals surface area contributed by atoms with Crippen LogP contribution in [0.25, 0.3) is 0 Å². The van der Waals surface area contributed by atoms with Crippen LogP contribution in [-0.4, -0.2) is 33.0 Å². The molecule has 1 aromatic heterocycles. The second-order valence-electron chi connectivity index (χ2n) is 7.50. The molecule has 0 aliphatic carbocycles. The lowest BCUT2D eigenvalue weighted by Crippen LogP contribution is -2.37. The topological polar surface area (TPSA) is 67.2 Å². The molecule has 2 amide bonds. The maximum atomic E-state index is 13.1. The number of fused-ring (bicyclic) bond motifs is 1. The van der Waals surface area contributed by atoms with E-state index in [0.717, 1.165) is 22.4 Å². The Labute approximate surface area is 174 Å². The van der Waals surface area contributed by atoms with Gasteiger partial charge in [0.2, 0.25) is 0 Å². The summed E-state index contributed by atoms with van der Waals surface area (Å²) in [7, 11) is 1.81. The summed E-state index contributed by atoms with van der Waals surface area (Å²) < 4.78 is 14.8. The van der Waals surface area contributed by atoms with Crippen LogP contribution < -0.4 is 5.32 Å². The fourth-order valence-electron chi connectivity index (χ4n) is 3.80. The summed E-state index contributed by atoms with van der Waals surface area (Å²) in [5, 5.41) is 7.25. The normalized spacial score (nSPS) is 13.1. The fraction of sp³-hybridized carbons (Fsp3) is 0.261. The Morgan fingerprint density at radius 1 is 1.13 bits per heavy atom. The van der Waals surface area contributed by atoms with Gasteiger partial charge in [-0.15, -0.1) is 0 Å². The van der Waals surface area contributed by atoms with Crippen LogP contribution in [0.15, 0.2) is 48.5 Å². The third-order valence-electron chi connectivity index (χ3n) is 5.49. The quantitative estimate of drug-likeness (QED) is 0.724. The number of carbonyl (C=O) groups is 2. The maximum Gasteiger partial charge on any atom is 0.272 e. The minimum atomic E-state index is -0.317. The first kappa shape index (κ1) is 19.8. The molecule has 1 N–H and O–H groups in total. The number of carbonyl (C=O) groups excluding carboxylic acids is 2. The van der Waals surface area contributed by atoms with Gasteiger partial charge < -0.3 is 10.2 Å². The maximum absolute atomic E-state index is 13.1. The molecular weight excluding hydrogens is 383 g/mol. The van der Waals surface area contributed by atoms with E-state index in [1.807, 2.05) is 38.2 Å². The molecular formula is C23H23FN4O2.